The summed E-state index contributed by atoms with van der Waals surface area (Å²) >= 11 is 0. The predicted octanol–water partition coefficient (Wildman–Crippen LogP) is 2.07. The maximum Gasteiger partial charge on any atom is 0.270 e. The normalized spacial score (nSPS) is 14.4. The maximum atomic E-state index is 13.8. The van der Waals surface area contributed by atoms with E-state index in [0.717, 1.165) is 36.9 Å². The SMILES string of the molecule is Cl.NCCNCCNC(=O)c1cc(C(=O)NCCN2CCCC2)cc(N2C(=O)c3cccc4cc([N+](=O)[O-])cc(c34)C2=O)c1. The Morgan fingerprint density at radius 3 is 2.18 bits per heavy atom. The molecule has 0 radical (unpaired) electrons. The van der Waals surface area contributed by atoms with Gasteiger partial charge < -0.3 is 26.6 Å². The van der Waals surface area contributed by atoms with Crippen LogP contribution >= 0.6 is 12.4 Å². The highest BCUT2D eigenvalue weighted by molar-refractivity contribution is 6.36. The highest BCUT2D eigenvalue weighted by Crippen LogP contribution is 2.36. The molecule has 2 heterocycles. The Morgan fingerprint density at radius 2 is 1.52 bits per heavy atom. The number of nitro benzene ring substituents is 1. The third-order valence-corrected chi connectivity index (χ3v) is 7.56. The molecule has 1 saturated heterocycles. The van der Waals surface area contributed by atoms with Crippen molar-refractivity contribution in [1.82, 2.24) is 20.9 Å². The molecular formula is C30H34ClN7O6. The van der Waals surface area contributed by atoms with Gasteiger partial charge in [0.1, 0.15) is 0 Å². The molecule has 0 unspecified atom stereocenters. The van der Waals surface area contributed by atoms with Gasteiger partial charge in [-0.15, -0.1) is 12.4 Å². The van der Waals surface area contributed by atoms with E-state index in [0.29, 0.717) is 43.5 Å². The molecule has 0 spiro atoms. The smallest absolute Gasteiger partial charge is 0.270 e. The molecule has 14 heteroatoms. The van der Waals surface area contributed by atoms with E-state index in [-0.39, 0.29) is 52.6 Å². The Labute approximate surface area is 259 Å². The van der Waals surface area contributed by atoms with Crippen LogP contribution in [0.2, 0.25) is 0 Å². The zero-order chi connectivity index (χ0) is 30.5. The molecule has 44 heavy (non-hydrogen) atoms. The Bertz CT molecular complexity index is 1610. The molecule has 3 aromatic carbocycles. The first-order chi connectivity index (χ1) is 20.8. The molecule has 5 N–H and O–H groups in total. The van der Waals surface area contributed by atoms with E-state index in [9.17, 15) is 29.3 Å². The minimum atomic E-state index is -0.790. The van der Waals surface area contributed by atoms with E-state index in [1.165, 1.54) is 30.3 Å². The number of nitrogens with zero attached hydrogens (tertiary/aromatic N) is 3. The summed E-state index contributed by atoms with van der Waals surface area (Å²) in [6.07, 6.45) is 2.24. The van der Waals surface area contributed by atoms with Crippen molar-refractivity contribution < 1.29 is 24.1 Å². The fraction of sp³-hybridized carbons (Fsp3) is 0.333. The zero-order valence-electron chi connectivity index (χ0n) is 24.0. The zero-order valence-corrected chi connectivity index (χ0v) is 24.8. The van der Waals surface area contributed by atoms with Crippen molar-refractivity contribution in [2.24, 2.45) is 5.73 Å². The summed E-state index contributed by atoms with van der Waals surface area (Å²) < 4.78 is 0. The molecule has 13 nitrogen and oxygen atoms in total. The third kappa shape index (κ3) is 6.86. The molecule has 0 aromatic heterocycles. The van der Waals surface area contributed by atoms with Crippen molar-refractivity contribution in [3.8, 4) is 0 Å². The van der Waals surface area contributed by atoms with Crippen LogP contribution < -0.4 is 26.6 Å². The Hall–Kier alpha value is -4.43. The second kappa shape index (κ2) is 14.4. The number of rotatable bonds is 12. The average molecular weight is 624 g/mol. The van der Waals surface area contributed by atoms with E-state index < -0.39 is 28.6 Å². The van der Waals surface area contributed by atoms with E-state index in [2.05, 4.69) is 20.9 Å². The van der Waals surface area contributed by atoms with Crippen LogP contribution in [0.15, 0.2) is 48.5 Å². The average Bonchev–Trinajstić information content (AvgIpc) is 3.52. The van der Waals surface area contributed by atoms with Gasteiger partial charge in [0.25, 0.3) is 29.3 Å². The lowest BCUT2D eigenvalue weighted by Crippen LogP contribution is -2.41. The van der Waals surface area contributed by atoms with Crippen LogP contribution in [-0.2, 0) is 0 Å². The van der Waals surface area contributed by atoms with Crippen molar-refractivity contribution >= 4 is 58.2 Å². The van der Waals surface area contributed by atoms with E-state index in [1.54, 1.807) is 12.1 Å². The van der Waals surface area contributed by atoms with Crippen LogP contribution in [0.1, 0.15) is 54.3 Å². The second-order valence-electron chi connectivity index (χ2n) is 10.5. The largest absolute Gasteiger partial charge is 0.351 e. The number of nitro groups is 1. The second-order valence-corrected chi connectivity index (χ2v) is 10.5. The van der Waals surface area contributed by atoms with E-state index >= 15 is 0 Å². The van der Waals surface area contributed by atoms with Crippen molar-refractivity contribution in [2.45, 2.75) is 12.8 Å². The minimum absolute atomic E-state index is 0. The van der Waals surface area contributed by atoms with Gasteiger partial charge in [-0.25, -0.2) is 4.90 Å². The molecule has 2 aliphatic rings. The number of carbonyl (C=O) groups is 4. The Kier molecular flexibility index (Phi) is 10.6. The van der Waals surface area contributed by atoms with Gasteiger partial charge in [0.15, 0.2) is 0 Å². The number of hydrogen-bond acceptors (Lipinski definition) is 9. The Balaban J connectivity index is 0.00000442. The lowest BCUT2D eigenvalue weighted by atomic mass is 9.92. The number of halogens is 1. The number of imide groups is 1. The van der Waals surface area contributed by atoms with Crippen molar-refractivity contribution in [1.29, 1.82) is 0 Å². The molecule has 3 aromatic rings. The van der Waals surface area contributed by atoms with Crippen molar-refractivity contribution in [2.75, 3.05) is 57.3 Å². The summed E-state index contributed by atoms with van der Waals surface area (Å²) in [4.78, 5) is 68.0. The van der Waals surface area contributed by atoms with Gasteiger partial charge in [0.2, 0.25) is 0 Å². The van der Waals surface area contributed by atoms with Crippen molar-refractivity contribution in [3.05, 3.63) is 80.9 Å². The fourth-order valence-electron chi connectivity index (χ4n) is 5.46. The number of anilines is 1. The van der Waals surface area contributed by atoms with Gasteiger partial charge in [0.05, 0.1) is 16.2 Å². The van der Waals surface area contributed by atoms with Crippen LogP contribution in [0.25, 0.3) is 10.8 Å². The first-order valence-corrected chi connectivity index (χ1v) is 14.2. The van der Waals surface area contributed by atoms with E-state index in [4.69, 9.17) is 5.73 Å². The topological polar surface area (TPSA) is 180 Å². The summed E-state index contributed by atoms with van der Waals surface area (Å²) in [6.45, 7) is 4.79. The lowest BCUT2D eigenvalue weighted by Gasteiger charge is -2.28. The maximum absolute atomic E-state index is 13.8. The van der Waals surface area contributed by atoms with Gasteiger partial charge in [0, 0.05) is 73.5 Å². The third-order valence-electron chi connectivity index (χ3n) is 7.56. The summed E-state index contributed by atoms with van der Waals surface area (Å²) in [6, 6.07) is 11.3. The number of nitrogens with two attached hydrogens (primary N) is 1. The van der Waals surface area contributed by atoms with Gasteiger partial charge in [-0.3, -0.25) is 29.3 Å². The fourth-order valence-corrected chi connectivity index (χ4v) is 5.46. The van der Waals surface area contributed by atoms with Crippen molar-refractivity contribution in [3.63, 3.8) is 0 Å². The summed E-state index contributed by atoms with van der Waals surface area (Å²) in [5.41, 5.74) is 5.52. The van der Waals surface area contributed by atoms with Gasteiger partial charge in [-0.05, 0) is 55.6 Å². The molecule has 4 amide bonds. The number of non-ortho nitro benzene ring substituents is 1. The minimum Gasteiger partial charge on any atom is -0.351 e. The number of benzene rings is 3. The van der Waals surface area contributed by atoms with E-state index in [1.807, 2.05) is 0 Å². The summed E-state index contributed by atoms with van der Waals surface area (Å²) in [5, 5.41) is 21.0. The first-order valence-electron chi connectivity index (χ1n) is 14.2. The highest BCUT2D eigenvalue weighted by Gasteiger charge is 2.36. The number of likely N-dealkylation sites (tertiary alicyclic amines) is 1. The van der Waals surface area contributed by atoms with Crippen LogP contribution in [0, 0.1) is 10.1 Å². The van der Waals surface area contributed by atoms with Gasteiger partial charge in [-0.2, -0.15) is 0 Å². The summed E-state index contributed by atoms with van der Waals surface area (Å²) in [5.74, 6) is -2.42. The summed E-state index contributed by atoms with van der Waals surface area (Å²) in [7, 11) is 0. The van der Waals surface area contributed by atoms with Gasteiger partial charge in [-0.1, -0.05) is 12.1 Å². The van der Waals surface area contributed by atoms with Crippen LogP contribution in [0.3, 0.4) is 0 Å². The molecule has 0 bridgehead atoms. The Morgan fingerprint density at radius 1 is 0.864 bits per heavy atom. The number of nitrogens with one attached hydrogen (secondary N) is 3. The number of amides is 4. The molecular weight excluding hydrogens is 590 g/mol. The molecule has 2 aliphatic heterocycles. The number of carbonyl (C=O) groups excluding carboxylic acids is 4. The highest BCUT2D eigenvalue weighted by atomic mass is 35.5. The molecule has 5 rings (SSSR count). The molecule has 0 atom stereocenters. The first kappa shape index (κ1) is 32.5. The predicted molar refractivity (Wildman–Crippen MR) is 168 cm³/mol. The number of hydrogen-bond donors (Lipinski definition) is 4. The standard InChI is InChI=1S/C30H33N7O6.ClH/c31-6-7-32-8-9-33-27(38)20-14-21(28(39)34-10-13-35-11-1-2-12-35)17-22(16-20)36-29(40)24-5-3-4-19-15-23(37(42)43)18-25(26(19)24)30(36)41;/h3-5,14-18,32H,1-2,6-13,31H2,(H,33,38)(H,34,39);1H. The molecule has 232 valence electrons. The van der Waals surface area contributed by atoms with Gasteiger partial charge >= 0.3 is 0 Å². The van der Waals surface area contributed by atoms with Crippen LogP contribution in [-0.4, -0.2) is 85.8 Å². The monoisotopic (exact) mass is 623 g/mol. The quantitative estimate of drug-likeness (QED) is 0.102. The lowest BCUT2D eigenvalue weighted by molar-refractivity contribution is -0.384. The van der Waals surface area contributed by atoms with Crippen LogP contribution in [0.4, 0.5) is 11.4 Å². The molecule has 1 fully saturated rings. The molecule has 0 aliphatic carbocycles. The van der Waals surface area contributed by atoms with Crippen LogP contribution in [0.5, 0.6) is 0 Å². The molecule has 0 saturated carbocycles.